The van der Waals surface area contributed by atoms with Crippen LogP contribution < -0.4 is 0 Å². The Labute approximate surface area is 178 Å². The van der Waals surface area contributed by atoms with Crippen LogP contribution in [0.25, 0.3) is 33.5 Å². The highest BCUT2D eigenvalue weighted by Crippen LogP contribution is 2.37. The molecule has 4 aromatic rings. The van der Waals surface area contributed by atoms with Gasteiger partial charge in [0, 0.05) is 18.2 Å². The van der Waals surface area contributed by atoms with Crippen molar-refractivity contribution >= 4 is 28.5 Å². The molecule has 0 unspecified atom stereocenters. The van der Waals surface area contributed by atoms with Crippen molar-refractivity contribution in [2.45, 2.75) is 6.54 Å². The molecule has 0 atom stereocenters. The Bertz CT molecular complexity index is 1250. The highest BCUT2D eigenvalue weighted by atomic mass is 35.5. The van der Waals surface area contributed by atoms with Crippen LogP contribution in [0.4, 0.5) is 0 Å². The lowest BCUT2D eigenvalue weighted by Crippen LogP contribution is -2.30. The Hall–Kier alpha value is -3.76. The number of hydrogen-bond acceptors (Lipinski definition) is 5. The number of halogens is 1. The molecule has 0 aliphatic rings. The van der Waals surface area contributed by atoms with Gasteiger partial charge in [0.05, 0.1) is 16.5 Å². The van der Waals surface area contributed by atoms with Crippen LogP contribution >= 0.6 is 11.6 Å². The van der Waals surface area contributed by atoms with Crippen LogP contribution in [0.2, 0.25) is 5.02 Å². The van der Waals surface area contributed by atoms with Crippen LogP contribution in [0.3, 0.4) is 0 Å². The Morgan fingerprint density at radius 3 is 2.23 bits per heavy atom. The minimum absolute atomic E-state index is 0.00579. The maximum absolute atomic E-state index is 12.5. The fraction of sp³-hybridized carbons (Fsp3) is 0.136. The number of benzene rings is 2. The van der Waals surface area contributed by atoms with Crippen molar-refractivity contribution in [1.82, 2.24) is 24.9 Å². The van der Waals surface area contributed by atoms with Crippen molar-refractivity contribution in [2.24, 2.45) is 0 Å². The molecular formula is C22H17ClN6O. The monoisotopic (exact) mass is 416 g/mol. The quantitative estimate of drug-likeness (QED) is 0.462. The van der Waals surface area contributed by atoms with Crippen LogP contribution in [0, 0.1) is 11.3 Å². The second kappa shape index (κ2) is 8.31. The number of carbonyl (C=O) groups excluding carboxylic acids is 1. The van der Waals surface area contributed by atoms with E-state index in [4.69, 9.17) is 16.9 Å². The van der Waals surface area contributed by atoms with Crippen molar-refractivity contribution in [2.75, 3.05) is 13.6 Å². The number of fused-ring (bicyclic) bond motifs is 1. The van der Waals surface area contributed by atoms with E-state index < -0.39 is 0 Å². The van der Waals surface area contributed by atoms with Crippen LogP contribution in [-0.4, -0.2) is 44.4 Å². The molecule has 148 valence electrons. The fourth-order valence-corrected chi connectivity index (χ4v) is 3.47. The smallest absolute Gasteiger partial charge is 0.244 e. The second-order valence-electron chi connectivity index (χ2n) is 6.71. The molecule has 2 aromatic heterocycles. The molecule has 0 radical (unpaired) electrons. The summed E-state index contributed by atoms with van der Waals surface area (Å²) in [6.45, 7) is -0.0780. The van der Waals surface area contributed by atoms with Gasteiger partial charge in [-0.05, 0) is 0 Å². The average Bonchev–Trinajstić information content (AvgIpc) is 3.14. The van der Waals surface area contributed by atoms with Gasteiger partial charge in [-0.3, -0.25) is 4.79 Å². The number of rotatable bonds is 5. The molecule has 1 amide bonds. The summed E-state index contributed by atoms with van der Waals surface area (Å²) in [7, 11) is 1.57. The van der Waals surface area contributed by atoms with Gasteiger partial charge in [0.15, 0.2) is 5.65 Å². The molecule has 0 saturated carbocycles. The summed E-state index contributed by atoms with van der Waals surface area (Å²) in [6, 6.07) is 21.1. The van der Waals surface area contributed by atoms with E-state index >= 15 is 0 Å². The summed E-state index contributed by atoms with van der Waals surface area (Å²) in [5, 5.41) is 23.2. The van der Waals surface area contributed by atoms with Crippen LogP contribution in [0.5, 0.6) is 0 Å². The largest absolute Gasteiger partial charge is 0.331 e. The molecule has 2 aromatic carbocycles. The molecule has 0 aliphatic heterocycles. The predicted octanol–water partition coefficient (Wildman–Crippen LogP) is 3.80. The molecular weight excluding hydrogens is 400 g/mol. The first kappa shape index (κ1) is 19.6. The number of nitriles is 1. The molecule has 0 aliphatic carbocycles. The van der Waals surface area contributed by atoms with E-state index in [9.17, 15) is 4.79 Å². The lowest BCUT2D eigenvalue weighted by molar-refractivity contribution is -0.130. The third-order valence-corrected chi connectivity index (χ3v) is 5.08. The van der Waals surface area contributed by atoms with E-state index in [1.165, 1.54) is 9.58 Å². The number of amides is 1. The maximum Gasteiger partial charge on any atom is 0.244 e. The highest BCUT2D eigenvalue weighted by Gasteiger charge is 2.22. The van der Waals surface area contributed by atoms with Crippen molar-refractivity contribution in [1.29, 1.82) is 5.26 Å². The van der Waals surface area contributed by atoms with E-state index in [1.54, 1.807) is 7.05 Å². The van der Waals surface area contributed by atoms with Gasteiger partial charge in [-0.2, -0.15) is 10.4 Å². The van der Waals surface area contributed by atoms with Gasteiger partial charge in [0.1, 0.15) is 24.5 Å². The summed E-state index contributed by atoms with van der Waals surface area (Å²) < 4.78 is 1.49. The molecule has 4 rings (SSSR count). The van der Waals surface area contributed by atoms with Gasteiger partial charge < -0.3 is 4.90 Å². The first-order valence-corrected chi connectivity index (χ1v) is 9.62. The van der Waals surface area contributed by atoms with Crippen molar-refractivity contribution in [3.63, 3.8) is 0 Å². The molecule has 7 nitrogen and oxygen atoms in total. The van der Waals surface area contributed by atoms with E-state index in [-0.39, 0.29) is 19.0 Å². The first-order chi connectivity index (χ1) is 14.6. The summed E-state index contributed by atoms with van der Waals surface area (Å²) in [6.07, 6.45) is 0. The third-order valence-electron chi connectivity index (χ3n) is 4.71. The van der Waals surface area contributed by atoms with Crippen LogP contribution in [0.1, 0.15) is 0 Å². The molecule has 8 heteroatoms. The van der Waals surface area contributed by atoms with Crippen molar-refractivity contribution < 1.29 is 4.79 Å². The standard InChI is InChI=1S/C22H17ClN6O/c1-28(13-12-24)17(30)14-29-22-18(20(27-29)15-8-4-2-5-9-15)19(23)21(25-26-22)16-10-6-3-7-11-16/h2-11H,13-14H2,1H3. The van der Waals surface area contributed by atoms with E-state index in [2.05, 4.69) is 15.3 Å². The minimum Gasteiger partial charge on any atom is -0.331 e. The zero-order chi connectivity index (χ0) is 21.1. The normalized spacial score (nSPS) is 10.7. The third kappa shape index (κ3) is 3.61. The average molecular weight is 417 g/mol. The van der Waals surface area contributed by atoms with Gasteiger partial charge in [-0.25, -0.2) is 4.68 Å². The van der Waals surface area contributed by atoms with Crippen LogP contribution in [-0.2, 0) is 11.3 Å². The van der Waals surface area contributed by atoms with Gasteiger partial charge in [-0.1, -0.05) is 72.3 Å². The number of likely N-dealkylation sites (N-methyl/N-ethyl adjacent to an activating group) is 1. The van der Waals surface area contributed by atoms with Crippen molar-refractivity contribution in [3.8, 4) is 28.6 Å². The summed E-state index contributed by atoms with van der Waals surface area (Å²) in [5.41, 5.74) is 3.28. The lowest BCUT2D eigenvalue weighted by atomic mass is 10.1. The maximum atomic E-state index is 12.5. The van der Waals surface area contributed by atoms with E-state index in [1.807, 2.05) is 66.7 Å². The Morgan fingerprint density at radius 1 is 1.03 bits per heavy atom. The zero-order valence-corrected chi connectivity index (χ0v) is 16.9. The topological polar surface area (TPSA) is 87.7 Å². The molecule has 0 spiro atoms. The minimum atomic E-state index is -0.259. The summed E-state index contributed by atoms with van der Waals surface area (Å²) >= 11 is 6.80. The Morgan fingerprint density at radius 2 is 1.63 bits per heavy atom. The summed E-state index contributed by atoms with van der Waals surface area (Å²) in [5.74, 6) is -0.259. The van der Waals surface area contributed by atoms with E-state index in [0.29, 0.717) is 27.4 Å². The van der Waals surface area contributed by atoms with Gasteiger partial charge in [0.2, 0.25) is 5.91 Å². The molecule has 2 heterocycles. The first-order valence-electron chi connectivity index (χ1n) is 9.24. The predicted molar refractivity (Wildman–Crippen MR) is 114 cm³/mol. The Balaban J connectivity index is 1.90. The second-order valence-corrected chi connectivity index (χ2v) is 7.09. The molecule has 30 heavy (non-hydrogen) atoms. The number of carbonyl (C=O) groups is 1. The number of nitrogens with zero attached hydrogens (tertiary/aromatic N) is 6. The fourth-order valence-electron chi connectivity index (χ4n) is 3.15. The molecule has 0 saturated heterocycles. The SMILES string of the molecule is CN(CC#N)C(=O)Cn1nc(-c2ccccc2)c2c(Cl)c(-c3ccccc3)nnc21. The van der Waals surface area contributed by atoms with Crippen molar-refractivity contribution in [3.05, 3.63) is 65.7 Å². The molecule has 0 N–H and O–H groups in total. The summed E-state index contributed by atoms with van der Waals surface area (Å²) in [4.78, 5) is 13.8. The van der Waals surface area contributed by atoms with E-state index in [0.717, 1.165) is 11.1 Å². The molecule has 0 bridgehead atoms. The number of aromatic nitrogens is 4. The van der Waals surface area contributed by atoms with Crippen LogP contribution in [0.15, 0.2) is 60.7 Å². The Kier molecular flexibility index (Phi) is 5.42. The highest BCUT2D eigenvalue weighted by molar-refractivity contribution is 6.38. The van der Waals surface area contributed by atoms with Gasteiger partial charge in [0.25, 0.3) is 0 Å². The molecule has 0 fully saturated rings. The van der Waals surface area contributed by atoms with Gasteiger partial charge >= 0.3 is 0 Å². The zero-order valence-electron chi connectivity index (χ0n) is 16.2. The van der Waals surface area contributed by atoms with Gasteiger partial charge in [-0.15, -0.1) is 10.2 Å². The number of hydrogen-bond donors (Lipinski definition) is 0. The lowest BCUT2D eigenvalue weighted by Gasteiger charge is -2.12.